The van der Waals surface area contributed by atoms with Gasteiger partial charge >= 0.3 is 0 Å². The number of hydrogen-bond donors (Lipinski definition) is 2. The lowest BCUT2D eigenvalue weighted by Gasteiger charge is -2.25. The van der Waals surface area contributed by atoms with Gasteiger partial charge in [-0.25, -0.2) is 0 Å². The molecule has 98 valence electrons. The molecule has 5 unspecified atom stereocenters. The Morgan fingerprint density at radius 2 is 2.12 bits per heavy atom. The third-order valence-electron chi connectivity index (χ3n) is 3.55. The molecule has 5 atom stereocenters. The predicted molar refractivity (Wildman–Crippen MR) is 62.5 cm³/mol. The number of rotatable bonds is 2. The van der Waals surface area contributed by atoms with Gasteiger partial charge in [0.2, 0.25) is 0 Å². The van der Waals surface area contributed by atoms with Gasteiger partial charge in [-0.3, -0.25) is 4.90 Å². The minimum Gasteiger partial charge on any atom is -0.389 e. The molecule has 0 saturated carbocycles. The molecule has 0 aromatic rings. The summed E-state index contributed by atoms with van der Waals surface area (Å²) < 4.78 is 11.5. The second kappa shape index (κ2) is 4.66. The number of hydrogen-bond acceptors (Lipinski definition) is 5. The average molecular weight is 243 g/mol. The van der Waals surface area contributed by atoms with E-state index in [1.54, 1.807) is 13.0 Å². The topological polar surface area (TPSA) is 62.2 Å². The number of likely N-dealkylation sites (tertiary alicyclic amines) is 1. The number of likely N-dealkylation sites (N-methyl/N-ethyl adjacent to an activating group) is 1. The van der Waals surface area contributed by atoms with Crippen molar-refractivity contribution in [2.45, 2.75) is 44.1 Å². The molecule has 2 aliphatic heterocycles. The number of β-amino-alcohol motifs (C(OH)–C–C–N with tert-alkyl or cyclic N) is 1. The summed E-state index contributed by atoms with van der Waals surface area (Å²) in [6.45, 7) is 9.36. The number of fused-ring (bicyclic) bond motifs is 1. The molecule has 2 aliphatic rings. The van der Waals surface area contributed by atoms with Gasteiger partial charge in [0, 0.05) is 13.1 Å². The maximum Gasteiger partial charge on any atom is 0.185 e. The van der Waals surface area contributed by atoms with E-state index in [0.717, 1.165) is 6.54 Å². The average Bonchev–Trinajstić information content (AvgIpc) is 2.60. The zero-order valence-corrected chi connectivity index (χ0v) is 10.4. The van der Waals surface area contributed by atoms with Crippen LogP contribution < -0.4 is 0 Å². The highest BCUT2D eigenvalue weighted by atomic mass is 16.8. The largest absolute Gasteiger partial charge is 0.389 e. The Hall–Kier alpha value is -0.460. The monoisotopic (exact) mass is 243 g/mol. The molecule has 0 aromatic carbocycles. The summed E-state index contributed by atoms with van der Waals surface area (Å²) in [4.78, 5) is 2.05. The zero-order chi connectivity index (χ0) is 12.6. The number of aliphatic hydroxyl groups is 2. The van der Waals surface area contributed by atoms with Crippen LogP contribution in [0.25, 0.3) is 0 Å². The van der Waals surface area contributed by atoms with E-state index < -0.39 is 24.1 Å². The van der Waals surface area contributed by atoms with Crippen molar-refractivity contribution in [3.8, 4) is 0 Å². The molecule has 5 nitrogen and oxygen atoms in total. The van der Waals surface area contributed by atoms with Crippen molar-refractivity contribution >= 4 is 0 Å². The molecule has 2 saturated heterocycles. The summed E-state index contributed by atoms with van der Waals surface area (Å²) in [7, 11) is 0. The Balaban J connectivity index is 2.18. The van der Waals surface area contributed by atoms with Crippen LogP contribution >= 0.6 is 0 Å². The molecule has 0 amide bonds. The van der Waals surface area contributed by atoms with E-state index in [-0.39, 0.29) is 6.10 Å². The molecule has 0 radical (unpaired) electrons. The van der Waals surface area contributed by atoms with Crippen molar-refractivity contribution in [1.82, 2.24) is 4.90 Å². The van der Waals surface area contributed by atoms with Gasteiger partial charge in [0.15, 0.2) is 5.79 Å². The van der Waals surface area contributed by atoms with Crippen LogP contribution in [0.1, 0.15) is 13.8 Å². The highest BCUT2D eigenvalue weighted by Crippen LogP contribution is 2.34. The molecule has 0 aromatic heterocycles. The lowest BCUT2D eigenvalue weighted by Crippen LogP contribution is -2.43. The first-order valence-electron chi connectivity index (χ1n) is 6.07. The minimum atomic E-state index is -0.918. The van der Waals surface area contributed by atoms with Gasteiger partial charge in [-0.15, -0.1) is 0 Å². The first-order valence-corrected chi connectivity index (χ1v) is 6.07. The molecular weight excluding hydrogens is 222 g/mol. The number of ether oxygens (including phenoxy) is 2. The molecule has 0 bridgehead atoms. The highest BCUT2D eigenvalue weighted by Gasteiger charge is 2.49. The van der Waals surface area contributed by atoms with Gasteiger partial charge in [0.05, 0.1) is 6.10 Å². The second-order valence-electron chi connectivity index (χ2n) is 4.87. The van der Waals surface area contributed by atoms with Gasteiger partial charge < -0.3 is 19.7 Å². The van der Waals surface area contributed by atoms with Crippen LogP contribution in [0.15, 0.2) is 12.7 Å². The van der Waals surface area contributed by atoms with Crippen molar-refractivity contribution in [2.75, 3.05) is 19.6 Å². The summed E-state index contributed by atoms with van der Waals surface area (Å²) in [5.41, 5.74) is 0. The molecule has 2 fully saturated rings. The van der Waals surface area contributed by atoms with Gasteiger partial charge in [-0.1, -0.05) is 13.5 Å². The molecule has 2 rings (SSSR count). The maximum absolute atomic E-state index is 10.1. The van der Waals surface area contributed by atoms with Crippen molar-refractivity contribution in [2.24, 2.45) is 0 Å². The Labute approximate surface area is 102 Å². The van der Waals surface area contributed by atoms with Crippen LogP contribution in [0.2, 0.25) is 0 Å². The Bertz CT molecular complexity index is 298. The lowest BCUT2D eigenvalue weighted by atomic mass is 10.1. The maximum atomic E-state index is 10.1. The first kappa shape index (κ1) is 13.0. The fourth-order valence-corrected chi connectivity index (χ4v) is 2.45. The van der Waals surface area contributed by atoms with Crippen LogP contribution in [0.4, 0.5) is 0 Å². The van der Waals surface area contributed by atoms with Gasteiger partial charge in [0.25, 0.3) is 0 Å². The first-order chi connectivity index (χ1) is 7.99. The van der Waals surface area contributed by atoms with Crippen molar-refractivity contribution in [1.29, 1.82) is 0 Å². The van der Waals surface area contributed by atoms with Crippen LogP contribution in [0, 0.1) is 0 Å². The summed E-state index contributed by atoms with van der Waals surface area (Å²) in [6, 6.07) is 0. The van der Waals surface area contributed by atoms with E-state index in [0.29, 0.717) is 13.1 Å². The third-order valence-corrected chi connectivity index (χ3v) is 3.55. The van der Waals surface area contributed by atoms with Crippen LogP contribution in [-0.4, -0.2) is 65.0 Å². The number of nitrogens with zero attached hydrogens (tertiary/aromatic N) is 1. The fourth-order valence-electron chi connectivity index (χ4n) is 2.45. The Morgan fingerprint density at radius 1 is 1.41 bits per heavy atom. The Kier molecular flexibility index (Phi) is 3.56. The van der Waals surface area contributed by atoms with E-state index in [1.807, 2.05) is 6.92 Å². The number of aliphatic hydroxyl groups excluding tert-OH is 2. The van der Waals surface area contributed by atoms with Gasteiger partial charge in [0.1, 0.15) is 18.3 Å². The fraction of sp³-hybridized carbons (Fsp3) is 0.833. The van der Waals surface area contributed by atoms with E-state index in [2.05, 4.69) is 11.5 Å². The van der Waals surface area contributed by atoms with E-state index in [9.17, 15) is 10.2 Å². The SMILES string of the molecule is C=CC1(C)OC2CN(CC)CC(O)C(O)C2O1. The molecule has 2 heterocycles. The molecular formula is C12H21NO4. The quantitative estimate of drug-likeness (QED) is 0.654. The molecule has 0 aliphatic carbocycles. The standard InChI is InChI=1S/C12H21NO4/c1-4-12(3)16-9-7-13(5-2)6-8(14)10(15)11(9)17-12/h4,8-11,14-15H,1,5-7H2,2-3H3. The molecule has 5 heteroatoms. The van der Waals surface area contributed by atoms with E-state index >= 15 is 0 Å². The highest BCUT2D eigenvalue weighted by molar-refractivity contribution is 5.00. The Morgan fingerprint density at radius 3 is 2.71 bits per heavy atom. The summed E-state index contributed by atoms with van der Waals surface area (Å²) in [6.07, 6.45) is -0.870. The smallest absolute Gasteiger partial charge is 0.185 e. The molecule has 17 heavy (non-hydrogen) atoms. The predicted octanol–water partition coefficient (Wildman–Crippen LogP) is -0.270. The van der Waals surface area contributed by atoms with Crippen molar-refractivity contribution in [3.05, 3.63) is 12.7 Å². The van der Waals surface area contributed by atoms with Crippen molar-refractivity contribution in [3.63, 3.8) is 0 Å². The van der Waals surface area contributed by atoms with Crippen molar-refractivity contribution < 1.29 is 19.7 Å². The summed E-state index contributed by atoms with van der Waals surface area (Å²) in [5, 5.41) is 19.9. The second-order valence-corrected chi connectivity index (χ2v) is 4.87. The van der Waals surface area contributed by atoms with Crippen LogP contribution in [-0.2, 0) is 9.47 Å². The van der Waals surface area contributed by atoms with Crippen LogP contribution in [0.5, 0.6) is 0 Å². The van der Waals surface area contributed by atoms with Gasteiger partial charge in [-0.05, 0) is 19.5 Å². The minimum absolute atomic E-state index is 0.231. The zero-order valence-electron chi connectivity index (χ0n) is 10.4. The molecule has 2 N–H and O–H groups in total. The van der Waals surface area contributed by atoms with Crippen LogP contribution in [0.3, 0.4) is 0 Å². The summed E-state index contributed by atoms with van der Waals surface area (Å²) in [5.74, 6) is -0.868. The van der Waals surface area contributed by atoms with E-state index in [4.69, 9.17) is 9.47 Å². The summed E-state index contributed by atoms with van der Waals surface area (Å²) >= 11 is 0. The van der Waals surface area contributed by atoms with E-state index in [1.165, 1.54) is 0 Å². The van der Waals surface area contributed by atoms with Gasteiger partial charge in [-0.2, -0.15) is 0 Å². The normalized spacial score (nSPS) is 47.5. The lowest BCUT2D eigenvalue weighted by molar-refractivity contribution is -0.147. The molecule has 0 spiro atoms. The third kappa shape index (κ3) is 2.39.